The second-order valence-electron chi connectivity index (χ2n) is 6.66. The number of hydrogen-bond donors (Lipinski definition) is 1. The van der Waals surface area contributed by atoms with Crippen molar-refractivity contribution in [2.24, 2.45) is 0 Å². The number of amides is 1. The molecule has 3 rings (SSSR count). The van der Waals surface area contributed by atoms with Gasteiger partial charge in [-0.15, -0.1) is 0 Å². The van der Waals surface area contributed by atoms with Gasteiger partial charge in [0.05, 0.1) is 4.90 Å². The summed E-state index contributed by atoms with van der Waals surface area (Å²) in [6, 6.07) is 11.0. The Hall–Kier alpha value is -2.71. The summed E-state index contributed by atoms with van der Waals surface area (Å²) >= 11 is 0. The van der Waals surface area contributed by atoms with Gasteiger partial charge in [0.1, 0.15) is 5.52 Å². The van der Waals surface area contributed by atoms with Crippen molar-refractivity contribution in [2.75, 3.05) is 19.4 Å². The molecule has 0 fully saturated rings. The minimum Gasteiger partial charge on any atom is -0.440 e. The van der Waals surface area contributed by atoms with Gasteiger partial charge in [-0.3, -0.25) is 4.79 Å². The van der Waals surface area contributed by atoms with E-state index in [0.29, 0.717) is 22.7 Å². The summed E-state index contributed by atoms with van der Waals surface area (Å²) in [4.78, 5) is 17.0. The number of nitrogens with zero attached hydrogens (tertiary/aromatic N) is 2. The predicted molar refractivity (Wildman–Crippen MR) is 103 cm³/mol. The van der Waals surface area contributed by atoms with Gasteiger partial charge in [0, 0.05) is 37.3 Å². The maximum Gasteiger partial charge on any atom is 0.255 e. The van der Waals surface area contributed by atoms with Crippen molar-refractivity contribution in [1.82, 2.24) is 9.29 Å². The van der Waals surface area contributed by atoms with Crippen molar-refractivity contribution in [2.45, 2.75) is 24.7 Å². The van der Waals surface area contributed by atoms with Crippen molar-refractivity contribution in [3.63, 3.8) is 0 Å². The van der Waals surface area contributed by atoms with E-state index in [1.807, 2.05) is 13.8 Å². The largest absolute Gasteiger partial charge is 0.440 e. The number of aromatic nitrogens is 1. The van der Waals surface area contributed by atoms with Crippen LogP contribution in [0.4, 0.5) is 5.69 Å². The second kappa shape index (κ2) is 7.13. The lowest BCUT2D eigenvalue weighted by atomic mass is 10.2. The van der Waals surface area contributed by atoms with E-state index >= 15 is 0 Å². The number of fused-ring (bicyclic) bond motifs is 1. The first kappa shape index (κ1) is 19.1. The fourth-order valence-corrected chi connectivity index (χ4v) is 3.36. The third-order valence-corrected chi connectivity index (χ3v) is 5.88. The van der Waals surface area contributed by atoms with E-state index < -0.39 is 10.0 Å². The molecule has 0 bridgehead atoms. The highest BCUT2D eigenvalue weighted by atomic mass is 32.2. The highest BCUT2D eigenvalue weighted by Gasteiger charge is 2.18. The molecule has 0 radical (unpaired) electrons. The van der Waals surface area contributed by atoms with E-state index in [-0.39, 0.29) is 16.7 Å². The Labute approximate surface area is 158 Å². The van der Waals surface area contributed by atoms with Crippen molar-refractivity contribution in [3.8, 4) is 0 Å². The molecule has 0 saturated heterocycles. The van der Waals surface area contributed by atoms with Crippen LogP contribution in [0.5, 0.6) is 0 Å². The molecule has 27 heavy (non-hydrogen) atoms. The van der Waals surface area contributed by atoms with Gasteiger partial charge in [-0.2, -0.15) is 0 Å². The Morgan fingerprint density at radius 1 is 1.11 bits per heavy atom. The van der Waals surface area contributed by atoms with Crippen molar-refractivity contribution >= 4 is 32.7 Å². The Balaban J connectivity index is 1.80. The lowest BCUT2D eigenvalue weighted by molar-refractivity contribution is 0.102. The minimum atomic E-state index is -3.53. The Kier molecular flexibility index (Phi) is 5.03. The zero-order valence-electron chi connectivity index (χ0n) is 15.6. The van der Waals surface area contributed by atoms with Crippen LogP contribution in [0.15, 0.2) is 51.8 Å². The molecule has 1 N–H and O–H groups in total. The monoisotopic (exact) mass is 387 g/mol. The molecule has 0 spiro atoms. The molecule has 3 aromatic rings. The summed E-state index contributed by atoms with van der Waals surface area (Å²) in [5.74, 6) is 0.477. The number of benzene rings is 2. The maximum atomic E-state index is 12.4. The molecule has 0 unspecified atom stereocenters. The molecule has 2 aromatic carbocycles. The number of nitrogens with one attached hydrogen (secondary N) is 1. The SMILES string of the molecule is CC(C)c1nc2ccc(NC(=O)c3ccc(S(=O)(=O)N(C)C)cc3)cc2o1. The first-order valence-electron chi connectivity index (χ1n) is 8.43. The van der Waals surface area contributed by atoms with Gasteiger partial charge in [0.25, 0.3) is 5.91 Å². The fraction of sp³-hybridized carbons (Fsp3) is 0.263. The van der Waals surface area contributed by atoms with Crippen molar-refractivity contribution < 1.29 is 17.6 Å². The number of carbonyl (C=O) groups excluding carboxylic acids is 1. The van der Waals surface area contributed by atoms with Crippen LogP contribution in [-0.4, -0.2) is 37.7 Å². The van der Waals surface area contributed by atoms with Gasteiger partial charge in [0.15, 0.2) is 11.5 Å². The van der Waals surface area contributed by atoms with E-state index in [2.05, 4.69) is 10.3 Å². The molecule has 0 aliphatic rings. The van der Waals surface area contributed by atoms with Crippen LogP contribution in [0.1, 0.15) is 36.0 Å². The van der Waals surface area contributed by atoms with Crippen LogP contribution in [0.3, 0.4) is 0 Å². The highest BCUT2D eigenvalue weighted by molar-refractivity contribution is 7.89. The lowest BCUT2D eigenvalue weighted by Gasteiger charge is -2.11. The average molecular weight is 387 g/mol. The first-order chi connectivity index (χ1) is 12.7. The molecule has 8 heteroatoms. The molecule has 1 amide bonds. The second-order valence-corrected chi connectivity index (χ2v) is 8.81. The zero-order valence-corrected chi connectivity index (χ0v) is 16.4. The third-order valence-electron chi connectivity index (χ3n) is 4.05. The quantitative estimate of drug-likeness (QED) is 0.724. The molecule has 0 atom stereocenters. The normalized spacial score (nSPS) is 12.1. The number of anilines is 1. The van der Waals surface area contributed by atoms with Crippen LogP contribution < -0.4 is 5.32 Å². The number of rotatable bonds is 5. The molecule has 0 aliphatic heterocycles. The van der Waals surface area contributed by atoms with Gasteiger partial charge in [0.2, 0.25) is 10.0 Å². The van der Waals surface area contributed by atoms with Crippen LogP contribution in [0.25, 0.3) is 11.1 Å². The molecule has 0 saturated carbocycles. The Morgan fingerprint density at radius 3 is 2.37 bits per heavy atom. The van der Waals surface area contributed by atoms with E-state index in [4.69, 9.17) is 4.42 Å². The summed E-state index contributed by atoms with van der Waals surface area (Å²) < 4.78 is 31.0. The summed E-state index contributed by atoms with van der Waals surface area (Å²) in [5, 5.41) is 2.78. The summed E-state index contributed by atoms with van der Waals surface area (Å²) in [5.41, 5.74) is 2.26. The number of hydrogen-bond acceptors (Lipinski definition) is 5. The van der Waals surface area contributed by atoms with E-state index in [1.54, 1.807) is 18.2 Å². The maximum absolute atomic E-state index is 12.4. The molecule has 1 heterocycles. The first-order valence-corrected chi connectivity index (χ1v) is 9.87. The van der Waals surface area contributed by atoms with E-state index in [0.717, 1.165) is 9.82 Å². The van der Waals surface area contributed by atoms with Gasteiger partial charge in [-0.05, 0) is 36.4 Å². The standard InChI is InChI=1S/C19H21N3O4S/c1-12(2)19-21-16-10-7-14(11-17(16)26-19)20-18(23)13-5-8-15(9-6-13)27(24,25)22(3)4/h5-12H,1-4H3,(H,20,23). The van der Waals surface area contributed by atoms with E-state index in [1.165, 1.54) is 38.4 Å². The van der Waals surface area contributed by atoms with Crippen LogP contribution in [-0.2, 0) is 10.0 Å². The number of oxazole rings is 1. The summed E-state index contributed by atoms with van der Waals surface area (Å²) in [7, 11) is -0.608. The number of carbonyl (C=O) groups is 1. The fourth-order valence-electron chi connectivity index (χ4n) is 2.46. The zero-order chi connectivity index (χ0) is 19.8. The summed E-state index contributed by atoms with van der Waals surface area (Å²) in [6.07, 6.45) is 0. The Bertz CT molecular complexity index is 1080. The van der Waals surface area contributed by atoms with Gasteiger partial charge >= 0.3 is 0 Å². The van der Waals surface area contributed by atoms with Crippen LogP contribution in [0, 0.1) is 0 Å². The van der Waals surface area contributed by atoms with Gasteiger partial charge < -0.3 is 9.73 Å². The average Bonchev–Trinajstić information content (AvgIpc) is 3.05. The Morgan fingerprint density at radius 2 is 1.78 bits per heavy atom. The number of sulfonamides is 1. The minimum absolute atomic E-state index is 0.133. The van der Waals surface area contributed by atoms with E-state index in [9.17, 15) is 13.2 Å². The van der Waals surface area contributed by atoms with Crippen LogP contribution in [0.2, 0.25) is 0 Å². The highest BCUT2D eigenvalue weighted by Crippen LogP contribution is 2.24. The van der Waals surface area contributed by atoms with Gasteiger partial charge in [-0.25, -0.2) is 17.7 Å². The van der Waals surface area contributed by atoms with Gasteiger partial charge in [-0.1, -0.05) is 13.8 Å². The summed E-state index contributed by atoms with van der Waals surface area (Å²) in [6.45, 7) is 3.99. The molecule has 0 aliphatic carbocycles. The molecular formula is C19H21N3O4S. The lowest BCUT2D eigenvalue weighted by Crippen LogP contribution is -2.22. The third kappa shape index (κ3) is 3.86. The smallest absolute Gasteiger partial charge is 0.255 e. The van der Waals surface area contributed by atoms with Crippen molar-refractivity contribution in [3.05, 3.63) is 53.9 Å². The van der Waals surface area contributed by atoms with Crippen LogP contribution >= 0.6 is 0 Å². The molecule has 7 nitrogen and oxygen atoms in total. The molecule has 1 aromatic heterocycles. The van der Waals surface area contributed by atoms with Crippen molar-refractivity contribution in [1.29, 1.82) is 0 Å². The molecule has 142 valence electrons. The predicted octanol–water partition coefficient (Wildman–Crippen LogP) is 3.45. The molecular weight excluding hydrogens is 366 g/mol. The topological polar surface area (TPSA) is 92.5 Å².